The summed E-state index contributed by atoms with van der Waals surface area (Å²) >= 11 is 0. The predicted molar refractivity (Wildman–Crippen MR) is 61.4 cm³/mol. The number of nitrogens with zero attached hydrogens (tertiary/aromatic N) is 1. The normalized spacial score (nSPS) is 17.8. The molecule has 4 heteroatoms. The highest BCUT2D eigenvalue weighted by atomic mass is 16.5. The lowest BCUT2D eigenvalue weighted by molar-refractivity contribution is -0.131. The number of carbonyl (C=O) groups is 1. The van der Waals surface area contributed by atoms with Crippen molar-refractivity contribution in [3.05, 3.63) is 29.8 Å². The number of rotatable bonds is 3. The second kappa shape index (κ2) is 4.53. The van der Waals surface area contributed by atoms with Crippen LogP contribution in [0.4, 0.5) is 0 Å². The lowest BCUT2D eigenvalue weighted by atomic mass is 10.00. The van der Waals surface area contributed by atoms with Crippen molar-refractivity contribution in [3.63, 3.8) is 0 Å². The minimum absolute atomic E-state index is 0.0791. The summed E-state index contributed by atoms with van der Waals surface area (Å²) in [6, 6.07) is 7.68. The molecular formula is C12H16N2O2. The van der Waals surface area contributed by atoms with Gasteiger partial charge < -0.3 is 15.4 Å². The molecule has 1 aliphatic heterocycles. The molecule has 1 atom stereocenters. The second-order valence-corrected chi connectivity index (χ2v) is 3.95. The minimum atomic E-state index is -0.173. The smallest absolute Gasteiger partial charge is 0.233 e. The van der Waals surface area contributed by atoms with Crippen molar-refractivity contribution in [1.29, 1.82) is 0 Å². The van der Waals surface area contributed by atoms with Crippen LogP contribution in [0, 0.1) is 0 Å². The van der Waals surface area contributed by atoms with Gasteiger partial charge in [0.05, 0.1) is 0 Å². The summed E-state index contributed by atoms with van der Waals surface area (Å²) in [5, 5.41) is 0. The highest BCUT2D eigenvalue weighted by Crippen LogP contribution is 2.34. The third kappa shape index (κ3) is 1.88. The van der Waals surface area contributed by atoms with Gasteiger partial charge >= 0.3 is 0 Å². The number of fused-ring (bicyclic) bond motifs is 1. The van der Waals surface area contributed by atoms with E-state index in [0.717, 1.165) is 11.3 Å². The Hall–Kier alpha value is -1.55. The van der Waals surface area contributed by atoms with Crippen LogP contribution in [-0.2, 0) is 4.79 Å². The number of amides is 1. The third-order valence-corrected chi connectivity index (χ3v) is 2.84. The first-order chi connectivity index (χ1) is 7.74. The molecule has 1 unspecified atom stereocenters. The molecule has 0 aliphatic carbocycles. The van der Waals surface area contributed by atoms with E-state index in [1.165, 1.54) is 0 Å². The number of nitrogens with two attached hydrogens (primary N) is 1. The molecule has 1 aliphatic rings. The van der Waals surface area contributed by atoms with E-state index in [4.69, 9.17) is 10.5 Å². The zero-order valence-corrected chi connectivity index (χ0v) is 9.35. The highest BCUT2D eigenvalue weighted by Gasteiger charge is 2.31. The monoisotopic (exact) mass is 220 g/mol. The van der Waals surface area contributed by atoms with Gasteiger partial charge in [0.1, 0.15) is 18.3 Å². The van der Waals surface area contributed by atoms with Crippen LogP contribution in [0.25, 0.3) is 0 Å². The first-order valence-electron chi connectivity index (χ1n) is 5.41. The number of carbonyl (C=O) groups excluding carboxylic acids is 1. The lowest BCUT2D eigenvalue weighted by Crippen LogP contribution is -2.35. The Morgan fingerprint density at radius 1 is 1.56 bits per heavy atom. The van der Waals surface area contributed by atoms with Crippen molar-refractivity contribution in [3.8, 4) is 5.75 Å². The molecule has 1 amide bonds. The van der Waals surface area contributed by atoms with E-state index in [1.807, 2.05) is 24.3 Å². The molecule has 0 spiro atoms. The van der Waals surface area contributed by atoms with Gasteiger partial charge in [-0.15, -0.1) is 0 Å². The molecule has 2 N–H and O–H groups in total. The molecule has 4 nitrogen and oxygen atoms in total. The molecule has 1 heterocycles. The molecule has 0 bridgehead atoms. The Balaban J connectivity index is 2.16. The van der Waals surface area contributed by atoms with E-state index in [0.29, 0.717) is 19.7 Å². The summed E-state index contributed by atoms with van der Waals surface area (Å²) in [5.41, 5.74) is 6.42. The molecule has 1 aromatic carbocycles. The van der Waals surface area contributed by atoms with Gasteiger partial charge in [-0.25, -0.2) is 0 Å². The molecule has 86 valence electrons. The van der Waals surface area contributed by atoms with E-state index in [1.54, 1.807) is 11.9 Å². The topological polar surface area (TPSA) is 55.6 Å². The van der Waals surface area contributed by atoms with Gasteiger partial charge in [-0.3, -0.25) is 4.79 Å². The zero-order chi connectivity index (χ0) is 11.5. The summed E-state index contributed by atoms with van der Waals surface area (Å²) in [6.45, 7) is 1.50. The Labute approximate surface area is 95.0 Å². The lowest BCUT2D eigenvalue weighted by Gasteiger charge is -2.19. The first-order valence-corrected chi connectivity index (χ1v) is 5.41. The van der Waals surface area contributed by atoms with E-state index in [-0.39, 0.29) is 11.8 Å². The number of para-hydroxylation sites is 1. The Morgan fingerprint density at radius 3 is 3.06 bits per heavy atom. The molecule has 0 radical (unpaired) electrons. The fourth-order valence-electron chi connectivity index (χ4n) is 1.94. The van der Waals surface area contributed by atoms with Crippen LogP contribution in [0.3, 0.4) is 0 Å². The summed E-state index contributed by atoms with van der Waals surface area (Å²) in [4.78, 5) is 13.8. The van der Waals surface area contributed by atoms with Crippen LogP contribution in [0.15, 0.2) is 24.3 Å². The Bertz CT molecular complexity index is 392. The van der Waals surface area contributed by atoms with Crippen LogP contribution in [0.2, 0.25) is 0 Å². The van der Waals surface area contributed by atoms with Gasteiger partial charge in [0.25, 0.3) is 0 Å². The maximum atomic E-state index is 12.1. The number of hydrogen-bond donors (Lipinski definition) is 1. The second-order valence-electron chi connectivity index (χ2n) is 3.95. The predicted octanol–water partition coefficient (Wildman–Crippen LogP) is 0.580. The zero-order valence-electron chi connectivity index (χ0n) is 9.35. The fourth-order valence-corrected chi connectivity index (χ4v) is 1.94. The molecule has 1 aromatic rings. The molecule has 0 aromatic heterocycles. The largest absolute Gasteiger partial charge is 0.492 e. The van der Waals surface area contributed by atoms with Crippen molar-refractivity contribution in [2.24, 2.45) is 5.73 Å². The number of benzene rings is 1. The molecule has 0 fully saturated rings. The van der Waals surface area contributed by atoms with E-state index >= 15 is 0 Å². The van der Waals surface area contributed by atoms with Gasteiger partial charge in [0.2, 0.25) is 5.91 Å². The van der Waals surface area contributed by atoms with Crippen molar-refractivity contribution >= 4 is 5.91 Å². The van der Waals surface area contributed by atoms with E-state index in [2.05, 4.69) is 0 Å². The average molecular weight is 220 g/mol. The van der Waals surface area contributed by atoms with Crippen LogP contribution in [0.5, 0.6) is 5.75 Å². The summed E-state index contributed by atoms with van der Waals surface area (Å²) in [5.74, 6) is 0.727. The van der Waals surface area contributed by atoms with Crippen molar-refractivity contribution in [2.75, 3.05) is 26.7 Å². The number of hydrogen-bond acceptors (Lipinski definition) is 3. The molecule has 0 saturated carbocycles. The van der Waals surface area contributed by atoms with Gasteiger partial charge in [-0.1, -0.05) is 18.2 Å². The Morgan fingerprint density at radius 2 is 2.31 bits per heavy atom. The van der Waals surface area contributed by atoms with Crippen LogP contribution < -0.4 is 10.5 Å². The van der Waals surface area contributed by atoms with E-state index < -0.39 is 0 Å². The maximum absolute atomic E-state index is 12.1. The van der Waals surface area contributed by atoms with Gasteiger partial charge in [-0.2, -0.15) is 0 Å². The van der Waals surface area contributed by atoms with Gasteiger partial charge in [-0.05, 0) is 6.07 Å². The summed E-state index contributed by atoms with van der Waals surface area (Å²) in [6.07, 6.45) is 0. The minimum Gasteiger partial charge on any atom is -0.492 e. The standard InChI is InChI=1S/C12H16N2O2/c1-14(7-6-13)12(15)10-8-16-11-5-3-2-4-9(10)11/h2-5,10H,6-8,13H2,1H3. The van der Waals surface area contributed by atoms with Gasteiger partial charge in [0.15, 0.2) is 0 Å². The number of likely N-dealkylation sites (N-methyl/N-ethyl adjacent to an activating group) is 1. The third-order valence-electron chi connectivity index (χ3n) is 2.84. The quantitative estimate of drug-likeness (QED) is 0.810. The Kier molecular flexibility index (Phi) is 3.10. The fraction of sp³-hybridized carbons (Fsp3) is 0.417. The van der Waals surface area contributed by atoms with Gasteiger partial charge in [0, 0.05) is 25.7 Å². The molecule has 16 heavy (non-hydrogen) atoms. The molecular weight excluding hydrogens is 204 g/mol. The van der Waals surface area contributed by atoms with Crippen molar-refractivity contribution < 1.29 is 9.53 Å². The maximum Gasteiger partial charge on any atom is 0.233 e. The van der Waals surface area contributed by atoms with Crippen LogP contribution in [0.1, 0.15) is 11.5 Å². The first kappa shape index (κ1) is 11.0. The number of ether oxygens (including phenoxy) is 1. The SMILES string of the molecule is CN(CCN)C(=O)C1COc2ccccc21. The molecule has 0 saturated heterocycles. The van der Waals surface area contributed by atoms with Crippen LogP contribution >= 0.6 is 0 Å². The average Bonchev–Trinajstić information content (AvgIpc) is 2.72. The van der Waals surface area contributed by atoms with Crippen LogP contribution in [-0.4, -0.2) is 37.6 Å². The van der Waals surface area contributed by atoms with E-state index in [9.17, 15) is 4.79 Å². The van der Waals surface area contributed by atoms with Crippen molar-refractivity contribution in [1.82, 2.24) is 4.90 Å². The molecule has 2 rings (SSSR count). The highest BCUT2D eigenvalue weighted by molar-refractivity contribution is 5.85. The summed E-state index contributed by atoms with van der Waals surface area (Å²) < 4.78 is 5.48. The van der Waals surface area contributed by atoms with Crippen molar-refractivity contribution in [2.45, 2.75) is 5.92 Å². The summed E-state index contributed by atoms with van der Waals surface area (Å²) in [7, 11) is 1.77.